The second-order valence-electron chi connectivity index (χ2n) is 17.5. The zero-order chi connectivity index (χ0) is 43.7. The van der Waals surface area contributed by atoms with E-state index in [2.05, 4.69) is 36.1 Å². The topological polar surface area (TPSA) is 179 Å². The molecule has 0 saturated carbocycles. The molecule has 2 unspecified atom stereocenters. The van der Waals surface area contributed by atoms with Crippen molar-refractivity contribution in [3.8, 4) is 22.8 Å². The number of ether oxygens (including phenoxy) is 1. The summed E-state index contributed by atoms with van der Waals surface area (Å²) in [6.45, 7) is 10.5. The van der Waals surface area contributed by atoms with Crippen LogP contribution in [-0.2, 0) is 16.1 Å². The molecule has 3 aromatic carbocycles. The van der Waals surface area contributed by atoms with Crippen molar-refractivity contribution in [2.75, 3.05) is 89.2 Å². The van der Waals surface area contributed by atoms with Crippen molar-refractivity contribution in [3.63, 3.8) is 0 Å². The molecule has 332 valence electrons. The van der Waals surface area contributed by atoms with Crippen LogP contribution in [0.25, 0.3) is 22.3 Å². The summed E-state index contributed by atoms with van der Waals surface area (Å²) < 4.78 is 7.96. The molecule has 17 nitrogen and oxygen atoms in total. The number of carbonyl (C=O) groups excluding carboxylic acids is 4. The first-order valence-electron chi connectivity index (χ1n) is 22.6. The summed E-state index contributed by atoms with van der Waals surface area (Å²) >= 11 is 0. The SMILES string of the molecule is Nc1ncnc2c1c(-c1ccc(Oc3ccccc3)cc1)nn2C1CCCN(C(=O)N2CCN(CCCN3CCN(c4ccc5c(c4)CN(C4CCC(=O)NC4=O)C5=O)CC3)CC2)C1. The number of piperazine rings is 2. The Morgan fingerprint density at radius 3 is 2.28 bits per heavy atom. The molecule has 5 amide bonds. The fourth-order valence-electron chi connectivity index (χ4n) is 9.95. The molecule has 4 saturated heterocycles. The fourth-order valence-corrected chi connectivity index (χ4v) is 9.95. The molecule has 5 aliphatic rings. The zero-order valence-electron chi connectivity index (χ0n) is 36.0. The van der Waals surface area contributed by atoms with Crippen LogP contribution in [-0.4, -0.2) is 153 Å². The number of rotatable bonds is 10. The molecule has 5 aromatic rings. The molecule has 7 heterocycles. The van der Waals surface area contributed by atoms with E-state index in [-0.39, 0.29) is 36.2 Å². The second-order valence-corrected chi connectivity index (χ2v) is 17.5. The first kappa shape index (κ1) is 41.4. The number of piperidine rings is 2. The number of benzene rings is 3. The minimum Gasteiger partial charge on any atom is -0.457 e. The summed E-state index contributed by atoms with van der Waals surface area (Å²) in [6.07, 6.45) is 4.90. The number of hydrogen-bond acceptors (Lipinski definition) is 12. The van der Waals surface area contributed by atoms with Crippen molar-refractivity contribution < 1.29 is 23.9 Å². The third-order valence-electron chi connectivity index (χ3n) is 13.5. The van der Waals surface area contributed by atoms with Gasteiger partial charge in [-0.25, -0.2) is 19.4 Å². The maximum atomic E-state index is 14.0. The van der Waals surface area contributed by atoms with Crippen molar-refractivity contribution in [1.29, 1.82) is 0 Å². The van der Waals surface area contributed by atoms with Crippen molar-refractivity contribution in [2.24, 2.45) is 0 Å². The minimum absolute atomic E-state index is 0.0519. The summed E-state index contributed by atoms with van der Waals surface area (Å²) in [5.74, 6) is 1.04. The van der Waals surface area contributed by atoms with E-state index in [9.17, 15) is 19.2 Å². The third kappa shape index (κ3) is 8.44. The Balaban J connectivity index is 0.682. The van der Waals surface area contributed by atoms with E-state index in [1.807, 2.05) is 81.2 Å². The van der Waals surface area contributed by atoms with Gasteiger partial charge in [0, 0.05) is 95.2 Å². The van der Waals surface area contributed by atoms with Crippen molar-refractivity contribution in [3.05, 3.63) is 90.3 Å². The molecule has 2 aromatic heterocycles. The largest absolute Gasteiger partial charge is 0.457 e. The molecule has 5 aliphatic heterocycles. The highest BCUT2D eigenvalue weighted by Crippen LogP contribution is 2.36. The smallest absolute Gasteiger partial charge is 0.320 e. The van der Waals surface area contributed by atoms with Crippen LogP contribution in [0, 0.1) is 0 Å². The number of likely N-dealkylation sites (tertiary alicyclic amines) is 1. The summed E-state index contributed by atoms with van der Waals surface area (Å²) in [7, 11) is 0. The first-order chi connectivity index (χ1) is 31.3. The Morgan fingerprint density at radius 2 is 1.53 bits per heavy atom. The maximum Gasteiger partial charge on any atom is 0.320 e. The average molecular weight is 867 g/mol. The Labute approximate surface area is 371 Å². The first-order valence-corrected chi connectivity index (χ1v) is 22.6. The molecule has 3 N–H and O–H groups in total. The van der Waals surface area contributed by atoms with E-state index >= 15 is 0 Å². The fraction of sp³-hybridized carbons (Fsp3) is 0.426. The van der Waals surface area contributed by atoms with Crippen LogP contribution < -0.4 is 20.7 Å². The number of imide groups is 1. The van der Waals surface area contributed by atoms with Crippen LogP contribution in [0.5, 0.6) is 11.5 Å². The van der Waals surface area contributed by atoms with Gasteiger partial charge < -0.3 is 30.1 Å². The lowest BCUT2D eigenvalue weighted by atomic mass is 10.0. The third-order valence-corrected chi connectivity index (χ3v) is 13.5. The van der Waals surface area contributed by atoms with E-state index < -0.39 is 6.04 Å². The molecule has 10 rings (SSSR count). The number of anilines is 2. The number of fused-ring (bicyclic) bond motifs is 2. The van der Waals surface area contributed by atoms with Gasteiger partial charge in [0.15, 0.2) is 5.65 Å². The molecule has 2 atom stereocenters. The summed E-state index contributed by atoms with van der Waals surface area (Å²) in [4.78, 5) is 73.1. The van der Waals surface area contributed by atoms with E-state index in [1.54, 1.807) is 4.90 Å². The van der Waals surface area contributed by atoms with Gasteiger partial charge >= 0.3 is 6.03 Å². The monoisotopic (exact) mass is 866 g/mol. The highest BCUT2D eigenvalue weighted by molar-refractivity contribution is 6.05. The lowest BCUT2D eigenvalue weighted by Gasteiger charge is -2.40. The molecule has 0 spiro atoms. The number of hydrogen-bond donors (Lipinski definition) is 2. The number of amides is 5. The Bertz CT molecular complexity index is 2530. The second kappa shape index (κ2) is 17.9. The van der Waals surface area contributed by atoms with Crippen molar-refractivity contribution >= 4 is 46.3 Å². The predicted octanol–water partition coefficient (Wildman–Crippen LogP) is 4.22. The number of nitrogens with zero attached hydrogens (tertiary/aromatic N) is 10. The number of carbonyl (C=O) groups is 4. The molecular formula is C47H54N12O5. The number of nitrogens with two attached hydrogens (primary N) is 1. The Hall–Kier alpha value is -6.59. The Morgan fingerprint density at radius 1 is 0.797 bits per heavy atom. The van der Waals surface area contributed by atoms with E-state index in [0.29, 0.717) is 67.3 Å². The molecule has 17 heteroatoms. The quantitative estimate of drug-likeness (QED) is 0.192. The summed E-state index contributed by atoms with van der Waals surface area (Å²) in [5.41, 5.74) is 11.4. The molecule has 0 bridgehead atoms. The van der Waals surface area contributed by atoms with Crippen molar-refractivity contribution in [1.82, 2.24) is 49.6 Å². The molecule has 0 radical (unpaired) electrons. The van der Waals surface area contributed by atoms with E-state index in [0.717, 1.165) is 99.9 Å². The number of aromatic nitrogens is 4. The van der Waals surface area contributed by atoms with Gasteiger partial charge in [-0.1, -0.05) is 18.2 Å². The van der Waals surface area contributed by atoms with Crippen LogP contribution in [0.1, 0.15) is 54.1 Å². The minimum atomic E-state index is -0.606. The highest BCUT2D eigenvalue weighted by Gasteiger charge is 2.39. The van der Waals surface area contributed by atoms with Crippen LogP contribution in [0.3, 0.4) is 0 Å². The number of urea groups is 1. The molecule has 4 fully saturated rings. The highest BCUT2D eigenvalue weighted by atomic mass is 16.5. The number of nitrogen functional groups attached to an aromatic ring is 1. The normalized spacial score (nSPS) is 21.1. The number of nitrogens with one attached hydrogen (secondary N) is 1. The summed E-state index contributed by atoms with van der Waals surface area (Å²) in [6, 6.07) is 22.9. The van der Waals surface area contributed by atoms with Crippen molar-refractivity contribution in [2.45, 2.75) is 50.7 Å². The average Bonchev–Trinajstić information content (AvgIpc) is 3.88. The van der Waals surface area contributed by atoms with Gasteiger partial charge in [-0.05, 0) is 98.9 Å². The van der Waals surface area contributed by atoms with E-state index in [4.69, 9.17) is 15.6 Å². The van der Waals surface area contributed by atoms with Gasteiger partial charge in [0.2, 0.25) is 11.8 Å². The van der Waals surface area contributed by atoms with Crippen LogP contribution in [0.2, 0.25) is 0 Å². The van der Waals surface area contributed by atoms with Gasteiger partial charge in [0.25, 0.3) is 5.91 Å². The molecule has 0 aliphatic carbocycles. The van der Waals surface area contributed by atoms with Crippen LogP contribution in [0.4, 0.5) is 16.3 Å². The standard InChI is InChI=1S/C47H54N12O5/c48-43-41-42(32-9-12-37(13-10-32)64-36-7-2-1-3-8-36)52-59(44(41)50-31-49-43)35-6-4-19-57(30-35)47(63)56-26-22-54(23-27-56)18-5-17-53-20-24-55(25-21-53)34-11-14-38-33(28-34)29-58(46(38)62)39-15-16-40(60)51-45(39)61/h1-3,7-14,28,31,35,39H,4-6,15-27,29-30H2,(H2,48,49,50)(H,51,60,61). The van der Waals surface area contributed by atoms with Gasteiger partial charge in [-0.2, -0.15) is 5.10 Å². The van der Waals surface area contributed by atoms with Crippen LogP contribution in [0.15, 0.2) is 79.1 Å². The zero-order valence-corrected chi connectivity index (χ0v) is 36.0. The van der Waals surface area contributed by atoms with Gasteiger partial charge in [0.1, 0.15) is 35.4 Å². The van der Waals surface area contributed by atoms with Gasteiger partial charge in [-0.3, -0.25) is 29.5 Å². The predicted molar refractivity (Wildman–Crippen MR) is 241 cm³/mol. The van der Waals surface area contributed by atoms with Gasteiger partial charge in [-0.15, -0.1) is 0 Å². The van der Waals surface area contributed by atoms with E-state index in [1.165, 1.54) is 6.33 Å². The lowest BCUT2D eigenvalue weighted by Crippen LogP contribution is -2.54. The number of para-hydroxylation sites is 1. The van der Waals surface area contributed by atoms with Crippen LogP contribution >= 0.6 is 0 Å². The van der Waals surface area contributed by atoms with Gasteiger partial charge in [0.05, 0.1) is 11.4 Å². The molecule has 64 heavy (non-hydrogen) atoms. The lowest BCUT2D eigenvalue weighted by molar-refractivity contribution is -0.136. The maximum absolute atomic E-state index is 14.0. The Kier molecular flexibility index (Phi) is 11.6. The summed E-state index contributed by atoms with van der Waals surface area (Å²) in [5, 5.41) is 8.17. The molecular weight excluding hydrogens is 813 g/mol.